The first-order valence-corrected chi connectivity index (χ1v) is 8.26. The Labute approximate surface area is 130 Å². The average molecular weight is 357 g/mol. The van der Waals surface area contributed by atoms with E-state index in [1.165, 1.54) is 11.3 Å². The molecule has 0 aliphatic rings. The molecule has 0 saturated carbocycles. The van der Waals surface area contributed by atoms with Crippen molar-refractivity contribution in [1.29, 1.82) is 0 Å². The van der Waals surface area contributed by atoms with Gasteiger partial charge in [-0.1, -0.05) is 47.0 Å². The molecule has 0 bridgehead atoms. The zero-order chi connectivity index (χ0) is 14.5. The number of anilines is 1. The number of ether oxygens (including phenoxy) is 1. The van der Waals surface area contributed by atoms with Gasteiger partial charge in [0, 0.05) is 0 Å². The number of nitrogens with zero attached hydrogens (tertiary/aromatic N) is 1. The van der Waals surface area contributed by atoms with Gasteiger partial charge in [0.25, 0.3) is 0 Å². The van der Waals surface area contributed by atoms with Crippen LogP contribution in [0.25, 0.3) is 10.2 Å². The summed E-state index contributed by atoms with van der Waals surface area (Å²) in [5.41, 5.74) is 0.866. The Morgan fingerprint density at radius 3 is 3.05 bits per heavy atom. The minimum Gasteiger partial charge on any atom is -0.497 e. The molecule has 1 unspecified atom stereocenters. The van der Waals surface area contributed by atoms with E-state index < -0.39 is 0 Å². The molecule has 0 aliphatic heterocycles. The van der Waals surface area contributed by atoms with Crippen LogP contribution in [0.15, 0.2) is 18.2 Å². The minimum atomic E-state index is -0.163. The molecule has 0 spiro atoms. The van der Waals surface area contributed by atoms with E-state index in [1.807, 2.05) is 18.2 Å². The number of hydrogen-bond donors (Lipinski definition) is 1. The van der Waals surface area contributed by atoms with Crippen molar-refractivity contribution in [2.75, 3.05) is 12.4 Å². The Morgan fingerprint density at radius 2 is 2.35 bits per heavy atom. The van der Waals surface area contributed by atoms with E-state index in [1.54, 1.807) is 7.11 Å². The van der Waals surface area contributed by atoms with Crippen molar-refractivity contribution < 1.29 is 9.53 Å². The Hall–Kier alpha value is -1.14. The van der Waals surface area contributed by atoms with Crippen molar-refractivity contribution in [3.8, 4) is 5.75 Å². The Balaban J connectivity index is 2.07. The lowest BCUT2D eigenvalue weighted by atomic mass is 10.2. The molecule has 0 saturated heterocycles. The number of methoxy groups -OCH3 is 1. The molecular formula is C14H17BrN2O2S. The minimum absolute atomic E-state index is 0.0375. The summed E-state index contributed by atoms with van der Waals surface area (Å²) in [5.74, 6) is 0.754. The number of benzene rings is 1. The Bertz CT molecular complexity index is 600. The molecule has 1 aromatic carbocycles. The molecule has 1 N–H and O–H groups in total. The van der Waals surface area contributed by atoms with Crippen LogP contribution >= 0.6 is 27.3 Å². The maximum absolute atomic E-state index is 12.0. The first-order valence-electron chi connectivity index (χ1n) is 6.53. The number of amides is 1. The van der Waals surface area contributed by atoms with E-state index in [9.17, 15) is 4.79 Å². The maximum atomic E-state index is 12.0. The van der Waals surface area contributed by atoms with E-state index >= 15 is 0 Å². The molecule has 108 valence electrons. The standard InChI is InChI=1S/C14H17BrN2O2S/c1-3-4-5-10(15)13(18)17-14-16-11-7-6-9(19-2)8-12(11)20-14/h6-8,10H,3-5H2,1-2H3,(H,16,17,18). The van der Waals surface area contributed by atoms with Crippen LogP contribution in [0, 0.1) is 0 Å². The van der Waals surface area contributed by atoms with Crippen LogP contribution in [-0.4, -0.2) is 22.8 Å². The molecule has 1 aromatic heterocycles. The highest BCUT2D eigenvalue weighted by molar-refractivity contribution is 9.10. The quantitative estimate of drug-likeness (QED) is 0.789. The number of fused-ring (bicyclic) bond motifs is 1. The number of unbranched alkanes of at least 4 members (excludes halogenated alkanes) is 1. The molecule has 4 nitrogen and oxygen atoms in total. The van der Waals surface area contributed by atoms with Gasteiger partial charge in [-0.25, -0.2) is 4.98 Å². The van der Waals surface area contributed by atoms with Gasteiger partial charge in [0.15, 0.2) is 5.13 Å². The van der Waals surface area contributed by atoms with Crippen molar-refractivity contribution >= 4 is 48.5 Å². The van der Waals surface area contributed by atoms with Crippen LogP contribution < -0.4 is 10.1 Å². The van der Waals surface area contributed by atoms with E-state index in [0.717, 1.165) is 35.2 Å². The number of halogens is 1. The summed E-state index contributed by atoms with van der Waals surface area (Å²) in [6.07, 6.45) is 2.94. The van der Waals surface area contributed by atoms with Gasteiger partial charge in [0.05, 0.1) is 22.2 Å². The average Bonchev–Trinajstić information content (AvgIpc) is 2.85. The summed E-state index contributed by atoms with van der Waals surface area (Å²) in [6, 6.07) is 5.68. The molecule has 1 atom stereocenters. The number of carbonyl (C=O) groups excluding carboxylic acids is 1. The van der Waals surface area contributed by atoms with Gasteiger partial charge in [-0.3, -0.25) is 4.79 Å². The highest BCUT2D eigenvalue weighted by Gasteiger charge is 2.16. The molecular weight excluding hydrogens is 340 g/mol. The summed E-state index contributed by atoms with van der Waals surface area (Å²) >= 11 is 4.87. The zero-order valence-corrected chi connectivity index (χ0v) is 13.9. The number of thiazole rings is 1. The molecule has 0 aliphatic carbocycles. The van der Waals surface area contributed by atoms with Gasteiger partial charge in [-0.05, 0) is 24.6 Å². The van der Waals surface area contributed by atoms with Gasteiger partial charge in [0.1, 0.15) is 5.75 Å². The largest absolute Gasteiger partial charge is 0.497 e. The summed E-state index contributed by atoms with van der Waals surface area (Å²) in [4.78, 5) is 16.2. The summed E-state index contributed by atoms with van der Waals surface area (Å²) in [5, 5.41) is 3.48. The maximum Gasteiger partial charge on any atom is 0.239 e. The van der Waals surface area contributed by atoms with Gasteiger partial charge in [-0.15, -0.1) is 0 Å². The van der Waals surface area contributed by atoms with Crippen molar-refractivity contribution in [2.45, 2.75) is 31.0 Å². The van der Waals surface area contributed by atoms with Crippen LogP contribution in [0.5, 0.6) is 5.75 Å². The third-order valence-electron chi connectivity index (χ3n) is 2.92. The second-order valence-electron chi connectivity index (χ2n) is 4.45. The number of rotatable bonds is 6. The fourth-order valence-corrected chi connectivity index (χ4v) is 3.12. The smallest absolute Gasteiger partial charge is 0.239 e. The second kappa shape index (κ2) is 7.04. The topological polar surface area (TPSA) is 51.2 Å². The van der Waals surface area contributed by atoms with E-state index in [-0.39, 0.29) is 10.7 Å². The third kappa shape index (κ3) is 3.70. The molecule has 1 amide bonds. The van der Waals surface area contributed by atoms with E-state index in [4.69, 9.17) is 4.74 Å². The van der Waals surface area contributed by atoms with Crippen molar-refractivity contribution in [3.05, 3.63) is 18.2 Å². The lowest BCUT2D eigenvalue weighted by Crippen LogP contribution is -2.22. The number of hydrogen-bond acceptors (Lipinski definition) is 4. The molecule has 1 heterocycles. The summed E-state index contributed by atoms with van der Waals surface area (Å²) in [6.45, 7) is 2.11. The van der Waals surface area contributed by atoms with E-state index in [2.05, 4.69) is 33.2 Å². The van der Waals surface area contributed by atoms with Crippen LogP contribution in [-0.2, 0) is 4.79 Å². The lowest BCUT2D eigenvalue weighted by molar-refractivity contribution is -0.115. The second-order valence-corrected chi connectivity index (χ2v) is 6.59. The van der Waals surface area contributed by atoms with Crippen molar-refractivity contribution in [2.24, 2.45) is 0 Å². The van der Waals surface area contributed by atoms with Crippen LogP contribution in [0.3, 0.4) is 0 Å². The first-order chi connectivity index (χ1) is 9.63. The Morgan fingerprint density at radius 1 is 1.55 bits per heavy atom. The fraction of sp³-hybridized carbons (Fsp3) is 0.429. The van der Waals surface area contributed by atoms with Gasteiger partial charge >= 0.3 is 0 Å². The number of carbonyl (C=O) groups is 1. The summed E-state index contributed by atoms with van der Waals surface area (Å²) in [7, 11) is 1.63. The fourth-order valence-electron chi connectivity index (χ4n) is 1.78. The highest BCUT2D eigenvalue weighted by atomic mass is 79.9. The summed E-state index contributed by atoms with van der Waals surface area (Å²) < 4.78 is 6.18. The number of nitrogens with one attached hydrogen (secondary N) is 1. The van der Waals surface area contributed by atoms with Crippen LogP contribution in [0.2, 0.25) is 0 Å². The van der Waals surface area contributed by atoms with Gasteiger partial charge in [-0.2, -0.15) is 0 Å². The van der Waals surface area contributed by atoms with Crippen LogP contribution in [0.1, 0.15) is 26.2 Å². The molecule has 0 radical (unpaired) electrons. The predicted molar refractivity (Wildman–Crippen MR) is 87.0 cm³/mol. The predicted octanol–water partition coefficient (Wildman–Crippen LogP) is 4.20. The normalized spacial score (nSPS) is 12.3. The third-order valence-corrected chi connectivity index (χ3v) is 4.73. The zero-order valence-electron chi connectivity index (χ0n) is 11.5. The monoisotopic (exact) mass is 356 g/mol. The molecule has 6 heteroatoms. The van der Waals surface area contributed by atoms with Crippen molar-refractivity contribution in [3.63, 3.8) is 0 Å². The van der Waals surface area contributed by atoms with Crippen LogP contribution in [0.4, 0.5) is 5.13 Å². The molecule has 2 rings (SSSR count). The molecule has 2 aromatic rings. The lowest BCUT2D eigenvalue weighted by Gasteiger charge is -2.07. The first kappa shape index (κ1) is 15.3. The Kier molecular flexibility index (Phi) is 5.37. The van der Waals surface area contributed by atoms with Gasteiger partial charge < -0.3 is 10.1 Å². The van der Waals surface area contributed by atoms with Crippen molar-refractivity contribution in [1.82, 2.24) is 4.98 Å². The number of alkyl halides is 1. The van der Waals surface area contributed by atoms with E-state index in [0.29, 0.717) is 5.13 Å². The molecule has 20 heavy (non-hydrogen) atoms. The highest BCUT2D eigenvalue weighted by Crippen LogP contribution is 2.29. The molecule has 0 fully saturated rings. The SMILES string of the molecule is CCCCC(Br)C(=O)Nc1nc2ccc(OC)cc2s1. The van der Waals surface area contributed by atoms with Gasteiger partial charge in [0.2, 0.25) is 5.91 Å². The number of aromatic nitrogens is 1.